The summed E-state index contributed by atoms with van der Waals surface area (Å²) in [5, 5.41) is 0. The van der Waals surface area contributed by atoms with Crippen molar-refractivity contribution in [3.8, 4) is 0 Å². The van der Waals surface area contributed by atoms with Gasteiger partial charge in [-0.3, -0.25) is 4.79 Å². The Balaban J connectivity index is 2.23. The number of nitrogens with zero attached hydrogens (tertiary/aromatic N) is 1. The minimum absolute atomic E-state index is 0.127. The molecule has 1 aliphatic rings. The van der Waals surface area contributed by atoms with Gasteiger partial charge in [0.2, 0.25) is 5.91 Å². The minimum atomic E-state index is 0.127. The molecule has 0 radical (unpaired) electrons. The van der Waals surface area contributed by atoms with Crippen LogP contribution < -0.4 is 0 Å². The lowest BCUT2D eigenvalue weighted by molar-refractivity contribution is -0.130. The van der Waals surface area contributed by atoms with Gasteiger partial charge in [-0.2, -0.15) is 0 Å². The summed E-state index contributed by atoms with van der Waals surface area (Å²) < 4.78 is 0. The number of likely N-dealkylation sites (N-methyl/N-ethyl adjacent to an activating group) is 1. The molecule has 2 heteroatoms. The van der Waals surface area contributed by atoms with Crippen LogP contribution in [0.5, 0.6) is 0 Å². The van der Waals surface area contributed by atoms with Crippen LogP contribution in [0.4, 0.5) is 0 Å². The first kappa shape index (κ1) is 11.2. The third-order valence-electron chi connectivity index (χ3n) is 3.61. The molecule has 0 N–H and O–H groups in total. The molecule has 16 heavy (non-hydrogen) atoms. The van der Waals surface area contributed by atoms with Gasteiger partial charge in [-0.15, -0.1) is 0 Å². The number of hydrogen-bond donors (Lipinski definition) is 0. The number of carbonyl (C=O) groups is 1. The first-order valence-corrected chi connectivity index (χ1v) is 5.98. The van der Waals surface area contributed by atoms with Crippen LogP contribution in [0.1, 0.15) is 30.9 Å². The smallest absolute Gasteiger partial charge is 0.226 e. The summed E-state index contributed by atoms with van der Waals surface area (Å²) in [4.78, 5) is 13.9. The molecule has 2 nitrogen and oxygen atoms in total. The molecule has 1 aromatic rings. The molecule has 0 bridgehead atoms. The van der Waals surface area contributed by atoms with Gasteiger partial charge in [-0.1, -0.05) is 36.8 Å². The highest BCUT2D eigenvalue weighted by molar-refractivity contribution is 5.82. The molecule has 1 fully saturated rings. The predicted molar refractivity (Wildman–Crippen MR) is 65.3 cm³/mol. The van der Waals surface area contributed by atoms with E-state index in [1.54, 1.807) is 0 Å². The van der Waals surface area contributed by atoms with Crippen LogP contribution in [0.2, 0.25) is 0 Å². The summed E-state index contributed by atoms with van der Waals surface area (Å²) in [6, 6.07) is 8.56. The Labute approximate surface area is 97.3 Å². The fourth-order valence-corrected chi connectivity index (χ4v) is 2.44. The quantitative estimate of drug-likeness (QED) is 0.745. The highest BCUT2D eigenvalue weighted by Gasteiger charge is 2.36. The van der Waals surface area contributed by atoms with Crippen molar-refractivity contribution in [1.82, 2.24) is 4.90 Å². The third-order valence-corrected chi connectivity index (χ3v) is 3.61. The van der Waals surface area contributed by atoms with Crippen LogP contribution in [0, 0.1) is 12.8 Å². The van der Waals surface area contributed by atoms with Gasteiger partial charge >= 0.3 is 0 Å². The first-order chi connectivity index (χ1) is 7.63. The molecule has 1 aromatic carbocycles. The highest BCUT2D eigenvalue weighted by Crippen LogP contribution is 2.33. The van der Waals surface area contributed by atoms with E-state index < -0.39 is 0 Å². The predicted octanol–water partition coefficient (Wildman–Crippen LogP) is 2.58. The Kier molecular flexibility index (Phi) is 2.99. The molecule has 1 amide bonds. The van der Waals surface area contributed by atoms with Gasteiger partial charge < -0.3 is 4.90 Å². The van der Waals surface area contributed by atoms with E-state index in [9.17, 15) is 4.79 Å². The van der Waals surface area contributed by atoms with Crippen molar-refractivity contribution in [3.05, 3.63) is 35.4 Å². The van der Waals surface area contributed by atoms with Gasteiger partial charge in [0, 0.05) is 24.9 Å². The summed E-state index contributed by atoms with van der Waals surface area (Å²) in [5.41, 5.74) is 2.57. The molecule has 0 saturated carbocycles. The lowest BCUT2D eigenvalue weighted by Crippen LogP contribution is -2.25. The van der Waals surface area contributed by atoms with Crippen LogP contribution >= 0.6 is 0 Å². The maximum Gasteiger partial charge on any atom is 0.226 e. The maximum absolute atomic E-state index is 11.9. The van der Waals surface area contributed by atoms with Crippen molar-refractivity contribution < 1.29 is 4.79 Å². The fourth-order valence-electron chi connectivity index (χ4n) is 2.44. The number of likely N-dealkylation sites (tertiary alicyclic amines) is 1. The number of carbonyl (C=O) groups excluding carboxylic acids is 1. The van der Waals surface area contributed by atoms with E-state index in [0.717, 1.165) is 13.1 Å². The molecule has 1 aliphatic heterocycles. The maximum atomic E-state index is 11.9. The van der Waals surface area contributed by atoms with E-state index in [2.05, 4.69) is 31.2 Å². The number of hydrogen-bond acceptors (Lipinski definition) is 1. The van der Waals surface area contributed by atoms with Crippen LogP contribution in [0.25, 0.3) is 0 Å². The molecule has 86 valence electrons. The molecule has 1 saturated heterocycles. The molecule has 0 aromatic heterocycles. The fraction of sp³-hybridized carbons (Fsp3) is 0.500. The van der Waals surface area contributed by atoms with Crippen LogP contribution in [0.15, 0.2) is 24.3 Å². The molecule has 0 aliphatic carbocycles. The monoisotopic (exact) mass is 217 g/mol. The zero-order valence-electron chi connectivity index (χ0n) is 10.2. The molecular formula is C14H19NO. The topological polar surface area (TPSA) is 20.3 Å². The number of rotatable bonds is 2. The minimum Gasteiger partial charge on any atom is -0.342 e. The zero-order valence-corrected chi connectivity index (χ0v) is 10.2. The van der Waals surface area contributed by atoms with E-state index in [1.165, 1.54) is 11.1 Å². The Morgan fingerprint density at radius 2 is 1.94 bits per heavy atom. The summed E-state index contributed by atoms with van der Waals surface area (Å²) in [5.74, 6) is 0.795. The standard InChI is InChI=1S/C14H19NO/c1-4-15-9-13(11(3)14(15)16)12-7-5-10(2)6-8-12/h5-8,11,13H,4,9H2,1-3H3/t11-,13+/m0/s1. The molecule has 0 spiro atoms. The second-order valence-electron chi connectivity index (χ2n) is 4.68. The molecular weight excluding hydrogens is 198 g/mol. The van der Waals surface area contributed by atoms with Crippen LogP contribution in [0.3, 0.4) is 0 Å². The first-order valence-electron chi connectivity index (χ1n) is 5.98. The van der Waals surface area contributed by atoms with Crippen molar-refractivity contribution in [2.45, 2.75) is 26.7 Å². The summed E-state index contributed by atoms with van der Waals surface area (Å²) in [6.45, 7) is 7.88. The van der Waals surface area contributed by atoms with Gasteiger partial charge in [0.05, 0.1) is 0 Å². The van der Waals surface area contributed by atoms with Crippen molar-refractivity contribution in [2.75, 3.05) is 13.1 Å². The third kappa shape index (κ3) is 1.84. The van der Waals surface area contributed by atoms with E-state index in [-0.39, 0.29) is 5.92 Å². The van der Waals surface area contributed by atoms with E-state index in [4.69, 9.17) is 0 Å². The number of aryl methyl sites for hydroxylation is 1. The average molecular weight is 217 g/mol. The normalized spacial score (nSPS) is 25.2. The number of benzene rings is 1. The van der Waals surface area contributed by atoms with Gasteiger partial charge in [0.15, 0.2) is 0 Å². The SMILES string of the molecule is CCN1C[C@@H](c2ccc(C)cc2)[C@H](C)C1=O. The summed E-state index contributed by atoms with van der Waals surface area (Å²) in [7, 11) is 0. The zero-order chi connectivity index (χ0) is 11.7. The van der Waals surface area contributed by atoms with E-state index in [0.29, 0.717) is 11.8 Å². The molecule has 1 heterocycles. The van der Waals surface area contributed by atoms with E-state index >= 15 is 0 Å². The largest absolute Gasteiger partial charge is 0.342 e. The lowest BCUT2D eigenvalue weighted by atomic mass is 9.90. The van der Waals surface area contributed by atoms with Crippen molar-refractivity contribution in [1.29, 1.82) is 0 Å². The Morgan fingerprint density at radius 3 is 2.44 bits per heavy atom. The molecule has 0 unspecified atom stereocenters. The lowest BCUT2D eigenvalue weighted by Gasteiger charge is -2.14. The van der Waals surface area contributed by atoms with Gasteiger partial charge in [-0.25, -0.2) is 0 Å². The summed E-state index contributed by atoms with van der Waals surface area (Å²) >= 11 is 0. The number of amides is 1. The Morgan fingerprint density at radius 1 is 1.31 bits per heavy atom. The molecule has 2 rings (SSSR count). The Hall–Kier alpha value is -1.31. The second kappa shape index (κ2) is 4.28. The van der Waals surface area contributed by atoms with Crippen LogP contribution in [-0.4, -0.2) is 23.9 Å². The van der Waals surface area contributed by atoms with E-state index in [1.807, 2.05) is 18.7 Å². The van der Waals surface area contributed by atoms with Crippen molar-refractivity contribution >= 4 is 5.91 Å². The van der Waals surface area contributed by atoms with Crippen molar-refractivity contribution in [2.24, 2.45) is 5.92 Å². The highest BCUT2D eigenvalue weighted by atomic mass is 16.2. The van der Waals surface area contributed by atoms with Gasteiger partial charge in [0.25, 0.3) is 0 Å². The van der Waals surface area contributed by atoms with Gasteiger partial charge in [0.1, 0.15) is 0 Å². The average Bonchev–Trinajstić information content (AvgIpc) is 2.57. The summed E-state index contributed by atoms with van der Waals surface area (Å²) in [6.07, 6.45) is 0. The van der Waals surface area contributed by atoms with Gasteiger partial charge in [-0.05, 0) is 19.4 Å². The van der Waals surface area contributed by atoms with Crippen molar-refractivity contribution in [3.63, 3.8) is 0 Å². The molecule has 2 atom stereocenters. The Bertz CT molecular complexity index is 382. The second-order valence-corrected chi connectivity index (χ2v) is 4.68. The van der Waals surface area contributed by atoms with Crippen LogP contribution in [-0.2, 0) is 4.79 Å².